The molecule has 0 spiro atoms. The van der Waals surface area contributed by atoms with Crippen LogP contribution in [0.1, 0.15) is 12.8 Å². The van der Waals surface area contributed by atoms with Crippen LogP contribution in [0.25, 0.3) is 10.8 Å². The van der Waals surface area contributed by atoms with Crippen LogP contribution in [0.3, 0.4) is 0 Å². The van der Waals surface area contributed by atoms with E-state index in [0.29, 0.717) is 12.8 Å². The molecule has 1 N–H and O–H groups in total. The molecule has 1 aromatic carbocycles. The van der Waals surface area contributed by atoms with Gasteiger partial charge in [-0.05, 0) is 48.6 Å². The molecule has 8 nitrogen and oxygen atoms in total. The Morgan fingerprint density at radius 2 is 2.04 bits per heavy atom. The quantitative estimate of drug-likeness (QED) is 0.678. The van der Waals surface area contributed by atoms with Crippen molar-refractivity contribution in [2.75, 3.05) is 11.9 Å². The van der Waals surface area contributed by atoms with Crippen LogP contribution >= 0.6 is 11.3 Å². The zero-order valence-electron chi connectivity index (χ0n) is 14.4. The lowest BCUT2D eigenvalue weighted by Crippen LogP contribution is -2.43. The number of rotatable bonds is 5. The maximum Gasteiger partial charge on any atom is 0.322 e. The van der Waals surface area contributed by atoms with Crippen molar-refractivity contribution in [1.82, 2.24) is 14.5 Å². The maximum absolute atomic E-state index is 13.1. The van der Waals surface area contributed by atoms with Crippen LogP contribution in [0.2, 0.25) is 0 Å². The van der Waals surface area contributed by atoms with Crippen molar-refractivity contribution in [2.24, 2.45) is 0 Å². The number of amides is 1. The fourth-order valence-electron chi connectivity index (χ4n) is 2.99. The summed E-state index contributed by atoms with van der Waals surface area (Å²) in [6.07, 6.45) is 0.890. The Morgan fingerprint density at radius 1 is 1.25 bits per heavy atom. The average Bonchev–Trinajstić information content (AvgIpc) is 3.42. The van der Waals surface area contributed by atoms with Crippen molar-refractivity contribution in [3.63, 3.8) is 0 Å². The first-order chi connectivity index (χ1) is 13.4. The van der Waals surface area contributed by atoms with Crippen LogP contribution in [0.5, 0.6) is 0 Å². The highest BCUT2D eigenvalue weighted by atomic mass is 32.2. The van der Waals surface area contributed by atoms with Gasteiger partial charge in [0.1, 0.15) is 11.9 Å². The van der Waals surface area contributed by atoms with Crippen molar-refractivity contribution in [3.05, 3.63) is 47.6 Å². The van der Waals surface area contributed by atoms with Crippen molar-refractivity contribution in [1.29, 1.82) is 0 Å². The number of benzene rings is 1. The summed E-state index contributed by atoms with van der Waals surface area (Å²) in [4.78, 5) is 13.3. The summed E-state index contributed by atoms with van der Waals surface area (Å²) < 4.78 is 45.3. The fourth-order valence-corrected chi connectivity index (χ4v) is 5.29. The third-order valence-corrected chi connectivity index (χ3v) is 7.09. The number of thiophene rings is 1. The predicted octanol–water partition coefficient (Wildman–Crippen LogP) is 2.73. The Labute approximate surface area is 164 Å². The summed E-state index contributed by atoms with van der Waals surface area (Å²) in [6.45, 7) is 0.197. The van der Waals surface area contributed by atoms with Crippen LogP contribution in [0.4, 0.5) is 10.4 Å². The van der Waals surface area contributed by atoms with Gasteiger partial charge in [0.2, 0.25) is 15.9 Å². The molecule has 0 bridgehead atoms. The molecule has 1 atom stereocenters. The minimum atomic E-state index is -3.93. The summed E-state index contributed by atoms with van der Waals surface area (Å²) in [5.41, 5.74) is 0. The number of hydrogen-bond acceptors (Lipinski definition) is 7. The van der Waals surface area contributed by atoms with Crippen LogP contribution < -0.4 is 5.32 Å². The zero-order chi connectivity index (χ0) is 19.7. The van der Waals surface area contributed by atoms with Gasteiger partial charge in [0.25, 0.3) is 5.89 Å². The minimum Gasteiger partial charge on any atom is -0.402 e. The molecule has 1 saturated heterocycles. The second-order valence-electron chi connectivity index (χ2n) is 6.11. The fraction of sp³-hybridized carbons (Fsp3) is 0.235. The predicted molar refractivity (Wildman–Crippen MR) is 99.6 cm³/mol. The minimum absolute atomic E-state index is 0.0635. The van der Waals surface area contributed by atoms with Crippen molar-refractivity contribution < 1.29 is 22.0 Å². The Hall–Kier alpha value is -2.63. The average molecular weight is 422 g/mol. The van der Waals surface area contributed by atoms with Crippen molar-refractivity contribution >= 4 is 33.3 Å². The molecule has 1 amide bonds. The first kappa shape index (κ1) is 18.7. The van der Waals surface area contributed by atoms with Crippen molar-refractivity contribution in [3.8, 4) is 10.8 Å². The Morgan fingerprint density at radius 3 is 2.75 bits per heavy atom. The third-order valence-electron chi connectivity index (χ3n) is 4.31. The number of nitrogens with zero attached hydrogens (tertiary/aromatic N) is 3. The van der Waals surface area contributed by atoms with Gasteiger partial charge in [-0.1, -0.05) is 11.2 Å². The largest absolute Gasteiger partial charge is 0.402 e. The van der Waals surface area contributed by atoms with E-state index in [1.54, 1.807) is 6.07 Å². The number of halogens is 1. The molecule has 1 fully saturated rings. The van der Waals surface area contributed by atoms with Crippen LogP contribution in [0, 0.1) is 5.82 Å². The highest BCUT2D eigenvalue weighted by molar-refractivity contribution is 7.89. The molecular formula is C17H15FN4O4S2. The van der Waals surface area contributed by atoms with E-state index >= 15 is 0 Å². The van der Waals surface area contributed by atoms with Crippen LogP contribution in [-0.2, 0) is 14.8 Å². The molecule has 28 heavy (non-hydrogen) atoms. The van der Waals surface area contributed by atoms with E-state index in [2.05, 4.69) is 15.5 Å². The second-order valence-corrected chi connectivity index (χ2v) is 8.94. The van der Waals surface area contributed by atoms with E-state index in [9.17, 15) is 17.6 Å². The monoisotopic (exact) mass is 422 g/mol. The number of sulfonamides is 1. The molecule has 1 unspecified atom stereocenters. The smallest absolute Gasteiger partial charge is 0.322 e. The van der Waals surface area contributed by atoms with Gasteiger partial charge in [-0.3, -0.25) is 10.1 Å². The first-order valence-corrected chi connectivity index (χ1v) is 10.7. The maximum atomic E-state index is 13.1. The van der Waals surface area contributed by atoms with Crippen LogP contribution in [-0.4, -0.2) is 41.4 Å². The molecule has 1 aliphatic rings. The van der Waals surface area contributed by atoms with E-state index in [1.807, 2.05) is 11.4 Å². The SMILES string of the molecule is O=C(Nc1nnc(-c2cccs2)o1)C1CCCN1S(=O)(=O)c1ccc(F)cc1. The molecule has 0 saturated carbocycles. The summed E-state index contributed by atoms with van der Waals surface area (Å²) in [5.74, 6) is -0.815. The molecule has 146 valence electrons. The van der Waals surface area contributed by atoms with Gasteiger partial charge in [-0.2, -0.15) is 4.31 Å². The highest BCUT2D eigenvalue weighted by Gasteiger charge is 2.39. The van der Waals surface area contributed by atoms with Gasteiger partial charge in [0.15, 0.2) is 0 Å². The molecule has 4 rings (SSSR count). The molecule has 3 heterocycles. The summed E-state index contributed by atoms with van der Waals surface area (Å²) in [7, 11) is -3.93. The van der Waals surface area contributed by atoms with Gasteiger partial charge in [-0.15, -0.1) is 16.4 Å². The van der Waals surface area contributed by atoms with Gasteiger partial charge in [-0.25, -0.2) is 12.8 Å². The molecule has 1 aliphatic heterocycles. The lowest BCUT2D eigenvalue weighted by atomic mass is 10.2. The van der Waals surface area contributed by atoms with Crippen LogP contribution in [0.15, 0.2) is 51.1 Å². The normalized spacial score (nSPS) is 17.7. The molecule has 0 radical (unpaired) electrons. The van der Waals surface area contributed by atoms with Crippen molar-refractivity contribution in [2.45, 2.75) is 23.8 Å². The Bertz CT molecular complexity index is 1080. The lowest BCUT2D eigenvalue weighted by Gasteiger charge is -2.22. The van der Waals surface area contributed by atoms with E-state index in [1.165, 1.54) is 23.5 Å². The van der Waals surface area contributed by atoms with Gasteiger partial charge in [0, 0.05) is 6.54 Å². The molecular weight excluding hydrogens is 407 g/mol. The number of anilines is 1. The topological polar surface area (TPSA) is 105 Å². The standard InChI is InChI=1S/C17H15FN4O4S2/c18-11-5-7-12(8-6-11)28(24,25)22-9-1-3-13(22)15(23)19-17-21-20-16(26-17)14-4-2-10-27-14/h2,4-8,10,13H,1,3,9H2,(H,19,21,23). The summed E-state index contributed by atoms with van der Waals surface area (Å²) >= 11 is 1.41. The molecule has 3 aromatic rings. The Balaban J connectivity index is 1.51. The van der Waals surface area contributed by atoms with E-state index < -0.39 is 27.8 Å². The van der Waals surface area contributed by atoms with Gasteiger partial charge >= 0.3 is 6.01 Å². The number of hydrogen-bond donors (Lipinski definition) is 1. The zero-order valence-corrected chi connectivity index (χ0v) is 16.0. The third kappa shape index (κ3) is 3.55. The molecule has 11 heteroatoms. The van der Waals surface area contributed by atoms with E-state index in [0.717, 1.165) is 21.3 Å². The number of nitrogens with one attached hydrogen (secondary N) is 1. The number of carbonyl (C=O) groups is 1. The van der Waals surface area contributed by atoms with E-state index in [-0.39, 0.29) is 23.3 Å². The Kier molecular flexibility index (Phi) is 4.96. The molecule has 0 aliphatic carbocycles. The van der Waals surface area contributed by atoms with E-state index in [4.69, 9.17) is 4.42 Å². The van der Waals surface area contributed by atoms with Gasteiger partial charge < -0.3 is 4.42 Å². The summed E-state index contributed by atoms with van der Waals surface area (Å²) in [5, 5.41) is 12.0. The second kappa shape index (κ2) is 7.41. The number of aromatic nitrogens is 2. The summed E-state index contributed by atoms with van der Waals surface area (Å²) in [6, 6.07) is 7.14. The number of carbonyl (C=O) groups excluding carboxylic acids is 1. The van der Waals surface area contributed by atoms with Gasteiger partial charge in [0.05, 0.1) is 9.77 Å². The molecule has 2 aromatic heterocycles. The highest BCUT2D eigenvalue weighted by Crippen LogP contribution is 2.28. The first-order valence-electron chi connectivity index (χ1n) is 8.41. The lowest BCUT2D eigenvalue weighted by molar-refractivity contribution is -0.119.